The Morgan fingerprint density at radius 1 is 1.44 bits per heavy atom. The van der Waals surface area contributed by atoms with Gasteiger partial charge in [0, 0.05) is 6.07 Å². The molecule has 0 N–H and O–H groups in total. The van der Waals surface area contributed by atoms with E-state index in [9.17, 15) is 10.1 Å². The molecule has 0 aromatic heterocycles. The normalized spacial score (nSPS) is 14.3. The van der Waals surface area contributed by atoms with Crippen LogP contribution < -0.4 is 9.47 Å². The van der Waals surface area contributed by atoms with E-state index in [0.717, 1.165) is 0 Å². The number of benzene rings is 1. The molecule has 1 unspecified atom stereocenters. The van der Waals surface area contributed by atoms with Gasteiger partial charge in [-0.3, -0.25) is 10.1 Å². The summed E-state index contributed by atoms with van der Waals surface area (Å²) in [5.41, 5.74) is 0.435. The molecule has 1 aromatic rings. The Kier molecular flexibility index (Phi) is 3.06. The molecule has 0 bridgehead atoms. The molecular formula is C12H12N2O4. The average molecular weight is 248 g/mol. The molecule has 0 aliphatic carbocycles. The quantitative estimate of drug-likeness (QED) is 0.606. The first-order valence-electron chi connectivity index (χ1n) is 5.52. The summed E-state index contributed by atoms with van der Waals surface area (Å²) in [5, 5.41) is 20.1. The summed E-state index contributed by atoms with van der Waals surface area (Å²) < 4.78 is 10.2. The molecular weight excluding hydrogens is 236 g/mol. The fourth-order valence-corrected chi connectivity index (χ4v) is 1.94. The minimum absolute atomic E-state index is 0.0292. The fraction of sp³-hybridized carbons (Fsp3) is 0.417. The molecule has 0 radical (unpaired) electrons. The second-order valence-corrected chi connectivity index (χ2v) is 4.38. The van der Waals surface area contributed by atoms with Gasteiger partial charge in [-0.2, -0.15) is 5.26 Å². The van der Waals surface area contributed by atoms with E-state index in [2.05, 4.69) is 6.07 Å². The van der Waals surface area contributed by atoms with Gasteiger partial charge in [0.15, 0.2) is 5.75 Å². The van der Waals surface area contributed by atoms with Crippen LogP contribution in [0.4, 0.5) is 5.69 Å². The Balaban J connectivity index is 2.55. The third-order valence-electron chi connectivity index (χ3n) is 2.84. The van der Waals surface area contributed by atoms with E-state index in [0.29, 0.717) is 11.3 Å². The monoisotopic (exact) mass is 248 g/mol. The highest BCUT2D eigenvalue weighted by Crippen LogP contribution is 2.43. The minimum atomic E-state index is -0.522. The van der Waals surface area contributed by atoms with Gasteiger partial charge < -0.3 is 9.47 Å². The first-order valence-corrected chi connectivity index (χ1v) is 5.52. The van der Waals surface area contributed by atoms with E-state index in [1.807, 2.05) is 13.8 Å². The van der Waals surface area contributed by atoms with Crippen molar-refractivity contribution >= 4 is 5.69 Å². The SMILES string of the molecule is CC(C)C(C#N)c1cc2c(c([N+](=O)[O-])c1)OCO2. The lowest BCUT2D eigenvalue weighted by atomic mass is 9.89. The van der Waals surface area contributed by atoms with Crippen molar-refractivity contribution in [3.8, 4) is 17.6 Å². The topological polar surface area (TPSA) is 85.4 Å². The molecule has 1 heterocycles. The summed E-state index contributed by atoms with van der Waals surface area (Å²) in [7, 11) is 0. The van der Waals surface area contributed by atoms with Crippen LogP contribution in [0.25, 0.3) is 0 Å². The molecule has 0 saturated carbocycles. The van der Waals surface area contributed by atoms with Gasteiger partial charge in [-0.15, -0.1) is 0 Å². The molecule has 2 rings (SSSR count). The van der Waals surface area contributed by atoms with Gasteiger partial charge in [-0.1, -0.05) is 13.8 Å². The third kappa shape index (κ3) is 1.95. The number of fused-ring (bicyclic) bond motifs is 1. The van der Waals surface area contributed by atoms with Crippen molar-refractivity contribution in [2.45, 2.75) is 19.8 Å². The van der Waals surface area contributed by atoms with Crippen molar-refractivity contribution in [3.63, 3.8) is 0 Å². The Morgan fingerprint density at radius 3 is 2.72 bits per heavy atom. The first-order chi connectivity index (χ1) is 8.54. The molecule has 6 heteroatoms. The predicted molar refractivity (Wildman–Crippen MR) is 62.4 cm³/mol. The number of hydrogen-bond acceptors (Lipinski definition) is 5. The molecule has 18 heavy (non-hydrogen) atoms. The van der Waals surface area contributed by atoms with Crippen LogP contribution >= 0.6 is 0 Å². The number of nitro groups is 1. The van der Waals surface area contributed by atoms with E-state index < -0.39 is 10.8 Å². The summed E-state index contributed by atoms with van der Waals surface area (Å²) in [6.07, 6.45) is 0. The van der Waals surface area contributed by atoms with Gasteiger partial charge in [0.25, 0.3) is 0 Å². The molecule has 1 aliphatic heterocycles. The largest absolute Gasteiger partial charge is 0.453 e. The molecule has 0 saturated heterocycles. The zero-order valence-electron chi connectivity index (χ0n) is 10.0. The third-order valence-corrected chi connectivity index (χ3v) is 2.84. The van der Waals surface area contributed by atoms with Gasteiger partial charge in [-0.25, -0.2) is 0 Å². The summed E-state index contributed by atoms with van der Waals surface area (Å²) in [6, 6.07) is 5.19. The van der Waals surface area contributed by atoms with E-state index in [4.69, 9.17) is 14.7 Å². The van der Waals surface area contributed by atoms with Crippen molar-refractivity contribution in [3.05, 3.63) is 27.8 Å². The first kappa shape index (κ1) is 12.2. The maximum Gasteiger partial charge on any atom is 0.315 e. The predicted octanol–water partition coefficient (Wildman–Crippen LogP) is 2.59. The van der Waals surface area contributed by atoms with E-state index in [1.165, 1.54) is 6.07 Å². The summed E-state index contributed by atoms with van der Waals surface area (Å²) in [5.74, 6) is 0.137. The molecule has 6 nitrogen and oxygen atoms in total. The van der Waals surface area contributed by atoms with Crippen LogP contribution in [0.5, 0.6) is 11.5 Å². The van der Waals surface area contributed by atoms with Crippen LogP contribution in [0.15, 0.2) is 12.1 Å². The van der Waals surface area contributed by atoms with Crippen molar-refractivity contribution in [2.75, 3.05) is 6.79 Å². The van der Waals surface area contributed by atoms with Crippen LogP contribution in [0.3, 0.4) is 0 Å². The van der Waals surface area contributed by atoms with E-state index >= 15 is 0 Å². The van der Waals surface area contributed by atoms with Gasteiger partial charge in [0.05, 0.1) is 16.9 Å². The van der Waals surface area contributed by atoms with Crippen molar-refractivity contribution in [1.82, 2.24) is 0 Å². The van der Waals surface area contributed by atoms with Gasteiger partial charge in [-0.05, 0) is 17.5 Å². The zero-order chi connectivity index (χ0) is 13.3. The highest BCUT2D eigenvalue weighted by Gasteiger charge is 2.29. The van der Waals surface area contributed by atoms with Crippen LogP contribution in [-0.2, 0) is 0 Å². The van der Waals surface area contributed by atoms with Gasteiger partial charge >= 0.3 is 5.69 Å². The molecule has 1 aliphatic rings. The number of nitrogens with zero attached hydrogens (tertiary/aromatic N) is 2. The summed E-state index contributed by atoms with van der Waals surface area (Å²) in [6.45, 7) is 3.76. The summed E-state index contributed by atoms with van der Waals surface area (Å²) in [4.78, 5) is 10.5. The Bertz CT molecular complexity index is 534. The number of nitro benzene ring substituents is 1. The molecule has 94 valence electrons. The molecule has 0 fully saturated rings. The van der Waals surface area contributed by atoms with Gasteiger partial charge in [0.2, 0.25) is 12.5 Å². The van der Waals surface area contributed by atoms with Crippen LogP contribution in [-0.4, -0.2) is 11.7 Å². The molecule has 0 amide bonds. The van der Waals surface area contributed by atoms with E-state index in [1.54, 1.807) is 6.07 Å². The maximum absolute atomic E-state index is 11.0. The second kappa shape index (κ2) is 4.53. The molecule has 1 aromatic carbocycles. The number of ether oxygens (including phenoxy) is 2. The van der Waals surface area contributed by atoms with Crippen LogP contribution in [0.2, 0.25) is 0 Å². The highest BCUT2D eigenvalue weighted by molar-refractivity contribution is 5.60. The Labute approximate surface area is 104 Å². The smallest absolute Gasteiger partial charge is 0.315 e. The lowest BCUT2D eigenvalue weighted by Gasteiger charge is -2.13. The minimum Gasteiger partial charge on any atom is -0.453 e. The molecule has 1 atom stereocenters. The van der Waals surface area contributed by atoms with E-state index in [-0.39, 0.29) is 24.1 Å². The lowest BCUT2D eigenvalue weighted by Crippen LogP contribution is -2.05. The Hall–Kier alpha value is -2.29. The number of hydrogen-bond donors (Lipinski definition) is 0. The standard InChI is InChI=1S/C12H12N2O4/c1-7(2)9(5-13)8-3-10(14(15)16)12-11(4-8)17-6-18-12/h3-4,7,9H,6H2,1-2H3. The number of nitriles is 1. The molecule has 0 spiro atoms. The number of rotatable bonds is 3. The van der Waals surface area contributed by atoms with Crippen LogP contribution in [0, 0.1) is 27.4 Å². The van der Waals surface area contributed by atoms with Crippen molar-refractivity contribution in [2.24, 2.45) is 5.92 Å². The fourth-order valence-electron chi connectivity index (χ4n) is 1.94. The zero-order valence-corrected chi connectivity index (χ0v) is 10.0. The Morgan fingerprint density at radius 2 is 2.17 bits per heavy atom. The summed E-state index contributed by atoms with van der Waals surface area (Å²) >= 11 is 0. The second-order valence-electron chi connectivity index (χ2n) is 4.38. The van der Waals surface area contributed by atoms with Gasteiger partial charge in [0.1, 0.15) is 0 Å². The van der Waals surface area contributed by atoms with Crippen molar-refractivity contribution in [1.29, 1.82) is 5.26 Å². The van der Waals surface area contributed by atoms with Crippen molar-refractivity contribution < 1.29 is 14.4 Å². The van der Waals surface area contributed by atoms with Crippen LogP contribution in [0.1, 0.15) is 25.3 Å². The maximum atomic E-state index is 11.0. The lowest BCUT2D eigenvalue weighted by molar-refractivity contribution is -0.385. The highest BCUT2D eigenvalue weighted by atomic mass is 16.7. The average Bonchev–Trinajstić information content (AvgIpc) is 2.76.